The number of para-hydroxylation sites is 1. The second-order valence-electron chi connectivity index (χ2n) is 4.76. The number of nitrogens with one attached hydrogen (secondary N) is 3. The van der Waals surface area contributed by atoms with Crippen LogP contribution in [0, 0.1) is 0 Å². The topological polar surface area (TPSA) is 62.4 Å². The van der Waals surface area contributed by atoms with E-state index in [1.54, 1.807) is 0 Å². The minimum absolute atomic E-state index is 0.0691. The van der Waals surface area contributed by atoms with Crippen molar-refractivity contribution in [2.45, 2.75) is 20.0 Å². The Kier molecular flexibility index (Phi) is 4.63. The molecular formula is C14H21N3O2. The number of anilines is 2. The second-order valence-corrected chi connectivity index (χ2v) is 4.76. The number of carbonyl (C=O) groups is 1. The van der Waals surface area contributed by atoms with E-state index in [1.807, 2.05) is 32.0 Å². The SMILES string of the molecule is CC(C)OCCNC(=O)c1cccc2c1NCCN2. The zero-order valence-electron chi connectivity index (χ0n) is 11.5. The van der Waals surface area contributed by atoms with Crippen molar-refractivity contribution in [1.82, 2.24) is 5.32 Å². The van der Waals surface area contributed by atoms with Gasteiger partial charge < -0.3 is 20.7 Å². The maximum atomic E-state index is 12.1. The summed E-state index contributed by atoms with van der Waals surface area (Å²) in [4.78, 5) is 12.1. The predicted molar refractivity (Wildman–Crippen MR) is 76.8 cm³/mol. The van der Waals surface area contributed by atoms with Gasteiger partial charge in [-0.2, -0.15) is 0 Å². The Morgan fingerprint density at radius 2 is 2.16 bits per heavy atom. The van der Waals surface area contributed by atoms with Crippen LogP contribution in [0.3, 0.4) is 0 Å². The lowest BCUT2D eigenvalue weighted by Crippen LogP contribution is -2.30. The molecule has 0 atom stereocenters. The molecule has 5 heteroatoms. The van der Waals surface area contributed by atoms with Crippen molar-refractivity contribution >= 4 is 17.3 Å². The number of fused-ring (bicyclic) bond motifs is 1. The van der Waals surface area contributed by atoms with Gasteiger partial charge in [-0.15, -0.1) is 0 Å². The highest BCUT2D eigenvalue weighted by molar-refractivity contribution is 6.02. The van der Waals surface area contributed by atoms with E-state index in [2.05, 4.69) is 16.0 Å². The Balaban J connectivity index is 1.95. The van der Waals surface area contributed by atoms with E-state index in [9.17, 15) is 4.79 Å². The van der Waals surface area contributed by atoms with Crippen molar-refractivity contribution < 1.29 is 9.53 Å². The zero-order chi connectivity index (χ0) is 13.7. The average Bonchev–Trinajstić information content (AvgIpc) is 2.42. The summed E-state index contributed by atoms with van der Waals surface area (Å²) in [6, 6.07) is 5.69. The van der Waals surface area contributed by atoms with Crippen LogP contribution in [0.5, 0.6) is 0 Å². The molecule has 5 nitrogen and oxygen atoms in total. The summed E-state index contributed by atoms with van der Waals surface area (Å²) in [5, 5.41) is 9.41. The van der Waals surface area contributed by atoms with E-state index in [0.717, 1.165) is 24.5 Å². The lowest BCUT2D eigenvalue weighted by Gasteiger charge is -2.22. The van der Waals surface area contributed by atoms with Crippen LogP contribution < -0.4 is 16.0 Å². The maximum Gasteiger partial charge on any atom is 0.253 e. The molecule has 0 aliphatic carbocycles. The van der Waals surface area contributed by atoms with Gasteiger partial charge in [0.1, 0.15) is 0 Å². The van der Waals surface area contributed by atoms with Gasteiger partial charge in [-0.25, -0.2) is 0 Å². The van der Waals surface area contributed by atoms with Gasteiger partial charge in [-0.1, -0.05) is 6.07 Å². The highest BCUT2D eigenvalue weighted by Crippen LogP contribution is 2.28. The highest BCUT2D eigenvalue weighted by Gasteiger charge is 2.16. The summed E-state index contributed by atoms with van der Waals surface area (Å²) >= 11 is 0. The highest BCUT2D eigenvalue weighted by atomic mass is 16.5. The van der Waals surface area contributed by atoms with Gasteiger partial charge in [-0.3, -0.25) is 4.79 Å². The first-order valence-electron chi connectivity index (χ1n) is 6.69. The Morgan fingerprint density at radius 1 is 1.37 bits per heavy atom. The second kappa shape index (κ2) is 6.43. The van der Waals surface area contributed by atoms with Crippen molar-refractivity contribution in [3.05, 3.63) is 23.8 Å². The summed E-state index contributed by atoms with van der Waals surface area (Å²) in [5.41, 5.74) is 2.54. The molecule has 1 aliphatic heterocycles. The van der Waals surface area contributed by atoms with E-state index in [4.69, 9.17) is 4.74 Å². The molecule has 0 spiro atoms. The molecule has 19 heavy (non-hydrogen) atoms. The van der Waals surface area contributed by atoms with E-state index in [-0.39, 0.29) is 12.0 Å². The van der Waals surface area contributed by atoms with Crippen LogP contribution in [0.2, 0.25) is 0 Å². The van der Waals surface area contributed by atoms with Crippen LogP contribution in [0.4, 0.5) is 11.4 Å². The fourth-order valence-electron chi connectivity index (χ4n) is 2.02. The molecule has 0 fully saturated rings. The molecule has 1 aliphatic rings. The number of benzene rings is 1. The Bertz CT molecular complexity index is 446. The van der Waals surface area contributed by atoms with Gasteiger partial charge in [0.2, 0.25) is 0 Å². The van der Waals surface area contributed by atoms with E-state index < -0.39 is 0 Å². The van der Waals surface area contributed by atoms with Crippen LogP contribution in [0.15, 0.2) is 18.2 Å². The molecule has 0 saturated heterocycles. The molecule has 1 heterocycles. The molecular weight excluding hydrogens is 242 g/mol. The molecule has 1 amide bonds. The average molecular weight is 263 g/mol. The predicted octanol–water partition coefficient (Wildman–Crippen LogP) is 1.68. The van der Waals surface area contributed by atoms with Crippen molar-refractivity contribution in [1.29, 1.82) is 0 Å². The molecule has 0 saturated carbocycles. The van der Waals surface area contributed by atoms with Crippen molar-refractivity contribution in [3.63, 3.8) is 0 Å². The van der Waals surface area contributed by atoms with E-state index in [0.29, 0.717) is 18.7 Å². The fourth-order valence-corrected chi connectivity index (χ4v) is 2.02. The molecule has 3 N–H and O–H groups in total. The Morgan fingerprint density at radius 3 is 2.95 bits per heavy atom. The zero-order valence-corrected chi connectivity index (χ0v) is 11.5. The smallest absolute Gasteiger partial charge is 0.253 e. The quantitative estimate of drug-likeness (QED) is 0.707. The largest absolute Gasteiger partial charge is 0.382 e. The minimum Gasteiger partial charge on any atom is -0.382 e. The number of ether oxygens (including phenoxy) is 1. The molecule has 0 radical (unpaired) electrons. The molecule has 0 unspecified atom stereocenters. The monoisotopic (exact) mass is 263 g/mol. The summed E-state index contributed by atoms with van der Waals surface area (Å²) in [5.74, 6) is -0.0691. The first-order chi connectivity index (χ1) is 9.18. The van der Waals surface area contributed by atoms with Crippen molar-refractivity contribution in [3.8, 4) is 0 Å². The lowest BCUT2D eigenvalue weighted by molar-refractivity contribution is 0.0747. The van der Waals surface area contributed by atoms with Crippen LogP contribution in [0.1, 0.15) is 24.2 Å². The van der Waals surface area contributed by atoms with Gasteiger partial charge >= 0.3 is 0 Å². The Labute approximate surface area is 113 Å². The first-order valence-corrected chi connectivity index (χ1v) is 6.69. The van der Waals surface area contributed by atoms with Gasteiger partial charge in [0.05, 0.1) is 29.6 Å². The van der Waals surface area contributed by atoms with E-state index in [1.165, 1.54) is 0 Å². The molecule has 104 valence electrons. The van der Waals surface area contributed by atoms with E-state index >= 15 is 0 Å². The van der Waals surface area contributed by atoms with Gasteiger partial charge in [0.25, 0.3) is 5.91 Å². The first kappa shape index (κ1) is 13.7. The minimum atomic E-state index is -0.0691. The number of hydrogen-bond donors (Lipinski definition) is 3. The van der Waals surface area contributed by atoms with Crippen LogP contribution in [0.25, 0.3) is 0 Å². The third kappa shape index (κ3) is 3.61. The van der Waals surface area contributed by atoms with Crippen molar-refractivity contribution in [2.75, 3.05) is 36.9 Å². The molecule has 0 aromatic heterocycles. The van der Waals surface area contributed by atoms with Crippen LogP contribution >= 0.6 is 0 Å². The van der Waals surface area contributed by atoms with Crippen LogP contribution in [-0.4, -0.2) is 38.3 Å². The standard InChI is InChI=1S/C14H21N3O2/c1-10(2)19-9-8-17-14(18)11-4-3-5-12-13(11)16-7-6-15-12/h3-5,10,15-16H,6-9H2,1-2H3,(H,17,18). The molecule has 2 rings (SSSR count). The third-order valence-electron chi connectivity index (χ3n) is 2.89. The summed E-state index contributed by atoms with van der Waals surface area (Å²) < 4.78 is 5.40. The number of rotatable bonds is 5. The number of amides is 1. The van der Waals surface area contributed by atoms with Crippen molar-refractivity contribution in [2.24, 2.45) is 0 Å². The van der Waals surface area contributed by atoms with Gasteiger partial charge in [0, 0.05) is 19.6 Å². The molecule has 1 aromatic carbocycles. The molecule has 1 aromatic rings. The summed E-state index contributed by atoms with van der Waals surface area (Å²) in [6.07, 6.45) is 0.187. The third-order valence-corrected chi connectivity index (χ3v) is 2.89. The van der Waals surface area contributed by atoms with Crippen LogP contribution in [-0.2, 0) is 4.74 Å². The number of hydrogen-bond acceptors (Lipinski definition) is 4. The lowest BCUT2D eigenvalue weighted by atomic mass is 10.1. The normalized spacial score (nSPS) is 13.4. The van der Waals surface area contributed by atoms with Gasteiger partial charge in [-0.05, 0) is 26.0 Å². The Hall–Kier alpha value is -1.75. The summed E-state index contributed by atoms with van der Waals surface area (Å²) in [7, 11) is 0. The molecule has 0 bridgehead atoms. The number of carbonyl (C=O) groups excluding carboxylic acids is 1. The maximum absolute atomic E-state index is 12.1. The fraction of sp³-hybridized carbons (Fsp3) is 0.500. The van der Waals surface area contributed by atoms with Gasteiger partial charge in [0.15, 0.2) is 0 Å². The summed E-state index contributed by atoms with van der Waals surface area (Å²) in [6.45, 7) is 6.71.